The van der Waals surface area contributed by atoms with Crippen molar-refractivity contribution in [1.82, 2.24) is 20.1 Å². The van der Waals surface area contributed by atoms with Crippen LogP contribution < -0.4 is 10.1 Å². The standard InChI is InChI=1S/C17H28N4O3/c1-13(2)24-16-9-14(5-6-18-16)10-19-17(22)21-7-8-23-15(12-21)11-20(3)4/h5-6,9,13,15H,7-8,10-12H2,1-4H3,(H,19,22). The number of nitrogens with zero attached hydrogens (tertiary/aromatic N) is 3. The fourth-order valence-electron chi connectivity index (χ4n) is 2.58. The highest BCUT2D eigenvalue weighted by Gasteiger charge is 2.24. The van der Waals surface area contributed by atoms with Gasteiger partial charge in [-0.05, 0) is 39.6 Å². The third-order valence-corrected chi connectivity index (χ3v) is 3.59. The van der Waals surface area contributed by atoms with Gasteiger partial charge in [0.15, 0.2) is 0 Å². The van der Waals surface area contributed by atoms with Gasteiger partial charge in [0.2, 0.25) is 5.88 Å². The van der Waals surface area contributed by atoms with Crippen molar-refractivity contribution in [2.45, 2.75) is 32.6 Å². The lowest BCUT2D eigenvalue weighted by Crippen LogP contribution is -2.51. The summed E-state index contributed by atoms with van der Waals surface area (Å²) in [5.41, 5.74) is 0.965. The molecule has 0 aromatic carbocycles. The molecule has 0 saturated carbocycles. The van der Waals surface area contributed by atoms with Gasteiger partial charge in [-0.2, -0.15) is 0 Å². The van der Waals surface area contributed by atoms with Crippen LogP contribution in [0.4, 0.5) is 4.79 Å². The Bertz CT molecular complexity index is 536. The summed E-state index contributed by atoms with van der Waals surface area (Å²) in [6.45, 7) is 6.98. The average Bonchev–Trinajstić information content (AvgIpc) is 2.52. The number of rotatable bonds is 6. The monoisotopic (exact) mass is 336 g/mol. The Balaban J connectivity index is 1.84. The maximum atomic E-state index is 12.4. The molecule has 7 heteroatoms. The van der Waals surface area contributed by atoms with Crippen LogP contribution in [0.2, 0.25) is 0 Å². The summed E-state index contributed by atoms with van der Waals surface area (Å²) in [5, 5.41) is 2.96. The van der Waals surface area contributed by atoms with Crippen molar-refractivity contribution in [2.24, 2.45) is 0 Å². The first kappa shape index (κ1) is 18.5. The van der Waals surface area contributed by atoms with Crippen LogP contribution in [0, 0.1) is 0 Å². The topological polar surface area (TPSA) is 66.9 Å². The first-order chi connectivity index (χ1) is 11.4. The molecule has 1 saturated heterocycles. The van der Waals surface area contributed by atoms with E-state index in [4.69, 9.17) is 9.47 Å². The first-order valence-electron chi connectivity index (χ1n) is 8.34. The molecule has 1 N–H and O–H groups in total. The first-order valence-corrected chi connectivity index (χ1v) is 8.34. The Labute approximate surface area is 143 Å². The minimum atomic E-state index is -0.0646. The van der Waals surface area contributed by atoms with Gasteiger partial charge in [-0.3, -0.25) is 0 Å². The lowest BCUT2D eigenvalue weighted by molar-refractivity contribution is -0.0246. The van der Waals surface area contributed by atoms with Crippen LogP contribution in [0.1, 0.15) is 19.4 Å². The van der Waals surface area contributed by atoms with Crippen molar-refractivity contribution >= 4 is 6.03 Å². The quantitative estimate of drug-likeness (QED) is 0.849. The molecule has 1 aliphatic rings. The zero-order chi connectivity index (χ0) is 17.5. The number of carbonyl (C=O) groups is 1. The van der Waals surface area contributed by atoms with Crippen molar-refractivity contribution in [3.05, 3.63) is 23.9 Å². The Hall–Kier alpha value is -1.86. The van der Waals surface area contributed by atoms with E-state index in [1.807, 2.05) is 45.0 Å². The molecule has 1 aliphatic heterocycles. The highest BCUT2D eigenvalue weighted by atomic mass is 16.5. The molecular weight excluding hydrogens is 308 g/mol. The van der Waals surface area contributed by atoms with E-state index < -0.39 is 0 Å². The van der Waals surface area contributed by atoms with Crippen molar-refractivity contribution in [3.8, 4) is 5.88 Å². The lowest BCUT2D eigenvalue weighted by Gasteiger charge is -2.34. The normalized spacial score (nSPS) is 18.1. The van der Waals surface area contributed by atoms with Gasteiger partial charge in [0, 0.05) is 38.4 Å². The second kappa shape index (κ2) is 8.84. The van der Waals surface area contributed by atoms with Crippen molar-refractivity contribution in [1.29, 1.82) is 0 Å². The predicted octanol–water partition coefficient (Wildman–Crippen LogP) is 1.34. The second-order valence-corrected chi connectivity index (χ2v) is 6.53. The lowest BCUT2D eigenvalue weighted by atomic mass is 10.2. The molecular formula is C17H28N4O3. The number of aromatic nitrogens is 1. The Kier molecular flexibility index (Phi) is 6.81. The number of likely N-dealkylation sites (N-methyl/N-ethyl adjacent to an activating group) is 1. The fourth-order valence-corrected chi connectivity index (χ4v) is 2.58. The number of pyridine rings is 1. The summed E-state index contributed by atoms with van der Waals surface area (Å²) in [6.07, 6.45) is 1.83. The van der Waals surface area contributed by atoms with Crippen LogP contribution in [-0.2, 0) is 11.3 Å². The van der Waals surface area contributed by atoms with Gasteiger partial charge >= 0.3 is 6.03 Å². The average molecular weight is 336 g/mol. The molecule has 0 aliphatic carbocycles. The van der Waals surface area contributed by atoms with Crippen molar-refractivity contribution in [2.75, 3.05) is 40.3 Å². The van der Waals surface area contributed by atoms with Gasteiger partial charge < -0.3 is 24.6 Å². The van der Waals surface area contributed by atoms with E-state index in [2.05, 4.69) is 15.2 Å². The van der Waals surface area contributed by atoms with Gasteiger partial charge in [-0.15, -0.1) is 0 Å². The molecule has 0 spiro atoms. The number of amides is 2. The molecule has 2 rings (SSSR count). The number of morpholine rings is 1. The van der Waals surface area contributed by atoms with Gasteiger partial charge in [0.25, 0.3) is 0 Å². The minimum Gasteiger partial charge on any atom is -0.475 e. The summed E-state index contributed by atoms with van der Waals surface area (Å²) >= 11 is 0. The molecule has 1 atom stereocenters. The number of hydrogen-bond acceptors (Lipinski definition) is 5. The van der Waals surface area contributed by atoms with E-state index >= 15 is 0 Å². The second-order valence-electron chi connectivity index (χ2n) is 6.53. The van der Waals surface area contributed by atoms with Crippen LogP contribution in [0.15, 0.2) is 18.3 Å². The molecule has 1 aromatic heterocycles. The van der Waals surface area contributed by atoms with E-state index in [0.29, 0.717) is 32.1 Å². The smallest absolute Gasteiger partial charge is 0.317 e. The Morgan fingerprint density at radius 2 is 2.33 bits per heavy atom. The van der Waals surface area contributed by atoms with Gasteiger partial charge in [-0.1, -0.05) is 0 Å². The van der Waals surface area contributed by atoms with E-state index in [1.165, 1.54) is 0 Å². The molecule has 24 heavy (non-hydrogen) atoms. The maximum Gasteiger partial charge on any atom is 0.317 e. The Morgan fingerprint density at radius 1 is 1.54 bits per heavy atom. The molecule has 1 fully saturated rings. The van der Waals surface area contributed by atoms with Gasteiger partial charge in [0.05, 0.1) is 18.8 Å². The Morgan fingerprint density at radius 3 is 3.04 bits per heavy atom. The summed E-state index contributed by atoms with van der Waals surface area (Å²) in [5.74, 6) is 0.578. The van der Waals surface area contributed by atoms with Gasteiger partial charge in [0.1, 0.15) is 0 Å². The summed E-state index contributed by atoms with van der Waals surface area (Å²) in [6, 6.07) is 3.67. The number of hydrogen-bond donors (Lipinski definition) is 1. The highest BCUT2D eigenvalue weighted by Crippen LogP contribution is 2.11. The fraction of sp³-hybridized carbons (Fsp3) is 0.647. The molecule has 0 bridgehead atoms. The summed E-state index contributed by atoms with van der Waals surface area (Å²) < 4.78 is 11.3. The molecule has 2 amide bonds. The zero-order valence-corrected chi connectivity index (χ0v) is 15.0. The highest BCUT2D eigenvalue weighted by molar-refractivity contribution is 5.74. The van der Waals surface area contributed by atoms with E-state index in [0.717, 1.165) is 12.1 Å². The minimum absolute atomic E-state index is 0.0615. The number of urea groups is 1. The molecule has 2 heterocycles. The van der Waals surface area contributed by atoms with Crippen LogP contribution in [-0.4, -0.2) is 73.4 Å². The van der Waals surface area contributed by atoms with Crippen LogP contribution in [0.5, 0.6) is 5.88 Å². The van der Waals surface area contributed by atoms with Crippen molar-refractivity contribution in [3.63, 3.8) is 0 Å². The third kappa shape index (κ3) is 5.98. The van der Waals surface area contributed by atoms with E-state index in [9.17, 15) is 4.79 Å². The molecule has 0 radical (unpaired) electrons. The van der Waals surface area contributed by atoms with Crippen LogP contribution >= 0.6 is 0 Å². The van der Waals surface area contributed by atoms with Crippen molar-refractivity contribution < 1.29 is 14.3 Å². The number of carbonyl (C=O) groups excluding carboxylic acids is 1. The summed E-state index contributed by atoms with van der Waals surface area (Å²) in [7, 11) is 4.01. The van der Waals surface area contributed by atoms with Crippen LogP contribution in [0.25, 0.3) is 0 Å². The largest absolute Gasteiger partial charge is 0.475 e. The van der Waals surface area contributed by atoms with E-state index in [1.54, 1.807) is 6.20 Å². The molecule has 1 unspecified atom stereocenters. The molecule has 1 aromatic rings. The third-order valence-electron chi connectivity index (χ3n) is 3.59. The zero-order valence-electron chi connectivity index (χ0n) is 15.0. The number of ether oxygens (including phenoxy) is 2. The molecule has 7 nitrogen and oxygen atoms in total. The van der Waals surface area contributed by atoms with Gasteiger partial charge in [-0.25, -0.2) is 9.78 Å². The van der Waals surface area contributed by atoms with E-state index in [-0.39, 0.29) is 18.2 Å². The molecule has 134 valence electrons. The number of nitrogens with one attached hydrogen (secondary N) is 1. The maximum absolute atomic E-state index is 12.4. The SMILES string of the molecule is CC(C)Oc1cc(CNC(=O)N2CCOC(CN(C)C)C2)ccn1. The summed E-state index contributed by atoms with van der Waals surface area (Å²) in [4.78, 5) is 20.4. The predicted molar refractivity (Wildman–Crippen MR) is 92.1 cm³/mol. The van der Waals surface area contributed by atoms with Crippen LogP contribution in [0.3, 0.4) is 0 Å².